The van der Waals surface area contributed by atoms with Crippen LogP contribution in [0.15, 0.2) is 29.2 Å². The largest absolute Gasteiger partial charge is 0.465 e. The number of rotatable bonds is 7. The number of hydrogen-bond acceptors (Lipinski definition) is 7. The first-order chi connectivity index (χ1) is 15.0. The van der Waals surface area contributed by atoms with Crippen molar-refractivity contribution in [1.82, 2.24) is 4.90 Å². The molecule has 3 rings (SSSR count). The van der Waals surface area contributed by atoms with Gasteiger partial charge in [-0.15, -0.1) is 23.1 Å². The molecule has 0 saturated heterocycles. The maximum Gasteiger partial charge on any atom is 0.410 e. The van der Waals surface area contributed by atoms with Crippen LogP contribution in [-0.4, -0.2) is 48.9 Å². The minimum atomic E-state index is -0.488. The molecule has 0 unspecified atom stereocenters. The van der Waals surface area contributed by atoms with Crippen molar-refractivity contribution in [1.29, 1.82) is 0 Å². The number of nitrogens with one attached hydrogen (secondary N) is 1. The molecule has 1 aromatic carbocycles. The number of fused-ring (bicyclic) bond motifs is 1. The zero-order chi connectivity index (χ0) is 22.4. The van der Waals surface area contributed by atoms with Crippen molar-refractivity contribution in [3.05, 3.63) is 45.8 Å². The van der Waals surface area contributed by atoms with Gasteiger partial charge in [-0.3, -0.25) is 4.79 Å². The van der Waals surface area contributed by atoms with E-state index in [9.17, 15) is 14.4 Å². The number of hydrogen-bond donors (Lipinski definition) is 1. The number of esters is 1. The van der Waals surface area contributed by atoms with Crippen LogP contribution in [0.1, 0.15) is 40.2 Å². The van der Waals surface area contributed by atoms with Crippen molar-refractivity contribution >= 4 is 46.1 Å². The first kappa shape index (κ1) is 23.1. The molecule has 7 nitrogen and oxygen atoms in total. The number of carbonyl (C=O) groups excluding carboxylic acids is 3. The number of thiophene rings is 1. The number of thioether (sulfide) groups is 1. The Balaban J connectivity index is 1.76. The number of amides is 2. The second-order valence-corrected chi connectivity index (χ2v) is 9.31. The van der Waals surface area contributed by atoms with Gasteiger partial charge in [0.15, 0.2) is 0 Å². The van der Waals surface area contributed by atoms with Gasteiger partial charge in [0.2, 0.25) is 5.91 Å². The average molecular weight is 463 g/mol. The van der Waals surface area contributed by atoms with Crippen LogP contribution in [-0.2, 0) is 33.7 Å². The molecular weight excluding hydrogens is 436 g/mol. The molecule has 1 aliphatic heterocycles. The van der Waals surface area contributed by atoms with Gasteiger partial charge in [0.25, 0.3) is 0 Å². The summed E-state index contributed by atoms with van der Waals surface area (Å²) < 4.78 is 10.0. The normalized spacial score (nSPS) is 12.8. The minimum Gasteiger partial charge on any atom is -0.465 e. The third-order valence-electron chi connectivity index (χ3n) is 4.82. The van der Waals surface area contributed by atoms with E-state index in [1.54, 1.807) is 23.6 Å². The average Bonchev–Trinajstić information content (AvgIpc) is 3.11. The fourth-order valence-corrected chi connectivity index (χ4v) is 5.34. The van der Waals surface area contributed by atoms with E-state index in [0.717, 1.165) is 26.7 Å². The summed E-state index contributed by atoms with van der Waals surface area (Å²) >= 11 is 3.05. The zero-order valence-electron chi connectivity index (χ0n) is 17.9. The molecule has 0 fully saturated rings. The molecule has 2 heterocycles. The van der Waals surface area contributed by atoms with Crippen molar-refractivity contribution in [2.75, 3.05) is 31.3 Å². The Morgan fingerprint density at radius 2 is 1.94 bits per heavy atom. The predicted molar refractivity (Wildman–Crippen MR) is 122 cm³/mol. The molecule has 1 N–H and O–H groups in total. The topological polar surface area (TPSA) is 84.9 Å². The summed E-state index contributed by atoms with van der Waals surface area (Å²) in [5.41, 5.74) is 2.11. The van der Waals surface area contributed by atoms with E-state index in [1.807, 2.05) is 24.3 Å². The molecule has 2 aromatic rings. The van der Waals surface area contributed by atoms with E-state index in [4.69, 9.17) is 9.47 Å². The highest BCUT2D eigenvalue weighted by molar-refractivity contribution is 7.99. The highest BCUT2D eigenvalue weighted by Gasteiger charge is 2.31. The van der Waals surface area contributed by atoms with Gasteiger partial charge in [0.1, 0.15) is 5.00 Å². The summed E-state index contributed by atoms with van der Waals surface area (Å²) in [6, 6.07) is 7.89. The first-order valence-electron chi connectivity index (χ1n) is 10.1. The van der Waals surface area contributed by atoms with Crippen molar-refractivity contribution in [2.45, 2.75) is 38.1 Å². The quantitative estimate of drug-likeness (QED) is 0.487. The second-order valence-electron chi connectivity index (χ2n) is 6.87. The summed E-state index contributed by atoms with van der Waals surface area (Å²) in [7, 11) is 1.32. The van der Waals surface area contributed by atoms with E-state index < -0.39 is 5.97 Å². The molecule has 1 aliphatic rings. The number of ether oxygens (including phenoxy) is 2. The Bertz CT molecular complexity index is 956. The number of carbonyl (C=O) groups is 3. The Kier molecular flexibility index (Phi) is 7.97. The van der Waals surface area contributed by atoms with Gasteiger partial charge < -0.3 is 19.7 Å². The lowest BCUT2D eigenvalue weighted by atomic mass is 10.0. The van der Waals surface area contributed by atoms with Crippen LogP contribution in [0.3, 0.4) is 0 Å². The molecule has 0 radical (unpaired) electrons. The van der Waals surface area contributed by atoms with Gasteiger partial charge >= 0.3 is 12.1 Å². The van der Waals surface area contributed by atoms with Gasteiger partial charge in [-0.2, -0.15) is 0 Å². The fraction of sp³-hybridized carbons (Fsp3) is 0.409. The lowest BCUT2D eigenvalue weighted by Gasteiger charge is -2.26. The van der Waals surface area contributed by atoms with Crippen LogP contribution in [0.5, 0.6) is 0 Å². The lowest BCUT2D eigenvalue weighted by molar-refractivity contribution is -0.115. The van der Waals surface area contributed by atoms with E-state index in [0.29, 0.717) is 36.7 Å². The Hall–Kier alpha value is -2.52. The van der Waals surface area contributed by atoms with Crippen LogP contribution in [0.25, 0.3) is 0 Å². The fourth-order valence-electron chi connectivity index (χ4n) is 3.41. The highest BCUT2D eigenvalue weighted by Crippen LogP contribution is 2.38. The monoisotopic (exact) mass is 462 g/mol. The molecule has 0 bridgehead atoms. The second kappa shape index (κ2) is 10.7. The summed E-state index contributed by atoms with van der Waals surface area (Å²) in [5, 5.41) is 3.34. The molecule has 2 amide bonds. The molecule has 0 spiro atoms. The lowest BCUT2D eigenvalue weighted by Crippen LogP contribution is -2.36. The summed E-state index contributed by atoms with van der Waals surface area (Å²) in [4.78, 5) is 40.8. The third kappa shape index (κ3) is 5.59. The van der Waals surface area contributed by atoms with Gasteiger partial charge in [-0.25, -0.2) is 9.59 Å². The molecule has 31 heavy (non-hydrogen) atoms. The Morgan fingerprint density at radius 1 is 1.19 bits per heavy atom. The Labute approximate surface area is 190 Å². The van der Waals surface area contributed by atoms with Gasteiger partial charge in [0, 0.05) is 16.3 Å². The van der Waals surface area contributed by atoms with Crippen molar-refractivity contribution < 1.29 is 23.9 Å². The molecule has 0 saturated carbocycles. The summed E-state index contributed by atoms with van der Waals surface area (Å²) in [5.74, 6) is 0.299. The maximum absolute atomic E-state index is 12.7. The molecule has 1 aromatic heterocycles. The number of nitrogens with zero attached hydrogens (tertiary/aromatic N) is 1. The summed E-state index contributed by atoms with van der Waals surface area (Å²) in [6.07, 6.45) is 0.327. The van der Waals surface area contributed by atoms with E-state index in [2.05, 4.69) is 12.2 Å². The molecule has 166 valence electrons. The number of methoxy groups -OCH3 is 1. The maximum atomic E-state index is 12.7. The summed E-state index contributed by atoms with van der Waals surface area (Å²) in [6.45, 7) is 4.95. The van der Waals surface area contributed by atoms with Crippen molar-refractivity contribution in [2.24, 2.45) is 0 Å². The van der Waals surface area contributed by atoms with Crippen LogP contribution >= 0.6 is 23.1 Å². The van der Waals surface area contributed by atoms with Gasteiger partial charge in [0.05, 0.1) is 32.2 Å². The van der Waals surface area contributed by atoms with Gasteiger partial charge in [-0.05, 0) is 42.4 Å². The third-order valence-corrected chi connectivity index (χ3v) is 6.85. The van der Waals surface area contributed by atoms with Crippen molar-refractivity contribution in [3.63, 3.8) is 0 Å². The molecule has 0 atom stereocenters. The minimum absolute atomic E-state index is 0.204. The molecular formula is C22H26N2O5S2. The number of anilines is 1. The van der Waals surface area contributed by atoms with E-state index in [1.165, 1.54) is 18.4 Å². The van der Waals surface area contributed by atoms with E-state index >= 15 is 0 Å². The van der Waals surface area contributed by atoms with Crippen molar-refractivity contribution in [3.8, 4) is 0 Å². The van der Waals surface area contributed by atoms with Crippen LogP contribution in [0.2, 0.25) is 0 Å². The zero-order valence-corrected chi connectivity index (χ0v) is 19.5. The smallest absolute Gasteiger partial charge is 0.410 e. The van der Waals surface area contributed by atoms with E-state index in [-0.39, 0.29) is 18.4 Å². The standard InChI is InChI=1S/C22H26N2O5S2/c1-4-29-22(27)24-11-10-16-17(13-24)31-20(19(16)21(26)28-3)23-18(25)12-14-6-8-15(9-7-14)30-5-2/h6-9H,4-5,10-13H2,1-3H3,(H,23,25). The first-order valence-corrected chi connectivity index (χ1v) is 11.9. The van der Waals surface area contributed by atoms with Gasteiger partial charge in [-0.1, -0.05) is 19.1 Å². The predicted octanol–water partition coefficient (Wildman–Crippen LogP) is 4.34. The van der Waals surface area contributed by atoms with Crippen LogP contribution < -0.4 is 5.32 Å². The highest BCUT2D eigenvalue weighted by atomic mass is 32.2. The molecule has 9 heteroatoms. The van der Waals surface area contributed by atoms with Crippen LogP contribution in [0.4, 0.5) is 9.80 Å². The SMILES string of the molecule is CCOC(=O)N1CCc2c(sc(NC(=O)Cc3ccc(SCC)cc3)c2C(=O)OC)C1. The Morgan fingerprint density at radius 3 is 2.58 bits per heavy atom. The van der Waals surface area contributed by atoms with Crippen LogP contribution in [0, 0.1) is 0 Å². The number of benzene rings is 1. The molecule has 0 aliphatic carbocycles.